The normalized spacial score (nSPS) is 33.1. The average molecular weight is 345 g/mol. The first-order valence-electron chi connectivity index (χ1n) is 7.13. The van der Waals surface area contributed by atoms with E-state index in [0.717, 1.165) is 17.5 Å². The number of rotatable bonds is 5. The SMILES string of the molecule is COC(=O)C1(NS(=O)(=O)c2nnnn2C)CC2(CC(OC)C2)C1. The Morgan fingerprint density at radius 1 is 1.35 bits per heavy atom. The van der Waals surface area contributed by atoms with Gasteiger partial charge in [0.25, 0.3) is 15.2 Å². The van der Waals surface area contributed by atoms with Crippen molar-refractivity contribution in [2.24, 2.45) is 12.5 Å². The Balaban J connectivity index is 1.80. The van der Waals surface area contributed by atoms with Crippen LogP contribution in [-0.4, -0.2) is 60.5 Å². The summed E-state index contributed by atoms with van der Waals surface area (Å²) in [5, 5.41) is 9.97. The van der Waals surface area contributed by atoms with Gasteiger partial charge in [0, 0.05) is 14.2 Å². The zero-order valence-electron chi connectivity index (χ0n) is 13.1. The fraction of sp³-hybridized carbons (Fsp3) is 0.833. The largest absolute Gasteiger partial charge is 0.468 e. The van der Waals surface area contributed by atoms with Crippen molar-refractivity contribution in [3.05, 3.63) is 0 Å². The second-order valence-electron chi connectivity index (χ2n) is 6.38. The molecule has 11 heteroatoms. The maximum atomic E-state index is 12.5. The first-order valence-corrected chi connectivity index (χ1v) is 8.62. The highest BCUT2D eigenvalue weighted by Crippen LogP contribution is 2.61. The quantitative estimate of drug-likeness (QED) is 0.673. The summed E-state index contributed by atoms with van der Waals surface area (Å²) in [5.74, 6) is -0.595. The lowest BCUT2D eigenvalue weighted by atomic mass is 9.48. The number of methoxy groups -OCH3 is 2. The summed E-state index contributed by atoms with van der Waals surface area (Å²) in [6.07, 6.45) is 2.57. The Morgan fingerprint density at radius 3 is 2.48 bits per heavy atom. The van der Waals surface area contributed by atoms with Gasteiger partial charge in [0.2, 0.25) is 0 Å². The standard InChI is InChI=1S/C12H19N5O5S/c1-17-10(13-15-16-17)23(19,20)14-12(9(18)22-3)6-11(7-12)4-8(5-11)21-2/h8,14H,4-7H2,1-3H3. The molecule has 1 aromatic rings. The van der Waals surface area contributed by atoms with Crippen molar-refractivity contribution in [2.45, 2.75) is 42.5 Å². The molecule has 2 saturated carbocycles. The summed E-state index contributed by atoms with van der Waals surface area (Å²) in [6, 6.07) is 0. The van der Waals surface area contributed by atoms with Crippen LogP contribution < -0.4 is 4.72 Å². The number of nitrogens with one attached hydrogen (secondary N) is 1. The summed E-state index contributed by atoms with van der Waals surface area (Å²) < 4.78 is 38.5. The molecule has 0 saturated heterocycles. The van der Waals surface area contributed by atoms with E-state index in [0.29, 0.717) is 12.8 Å². The Labute approximate surface area is 133 Å². The maximum absolute atomic E-state index is 12.5. The van der Waals surface area contributed by atoms with E-state index in [4.69, 9.17) is 9.47 Å². The van der Waals surface area contributed by atoms with Crippen LogP contribution in [0.3, 0.4) is 0 Å². The van der Waals surface area contributed by atoms with Crippen LogP contribution >= 0.6 is 0 Å². The molecule has 1 aromatic heterocycles. The molecule has 0 radical (unpaired) electrons. The van der Waals surface area contributed by atoms with Gasteiger partial charge in [-0.05, 0) is 41.5 Å². The summed E-state index contributed by atoms with van der Waals surface area (Å²) in [6.45, 7) is 0. The van der Waals surface area contributed by atoms with Crippen LogP contribution in [0.4, 0.5) is 0 Å². The van der Waals surface area contributed by atoms with Gasteiger partial charge in [-0.1, -0.05) is 5.10 Å². The third-order valence-electron chi connectivity index (χ3n) is 4.74. The van der Waals surface area contributed by atoms with Crippen molar-refractivity contribution >= 4 is 16.0 Å². The molecule has 2 fully saturated rings. The maximum Gasteiger partial charge on any atom is 0.327 e. The molecule has 2 aliphatic rings. The number of carbonyl (C=O) groups is 1. The van der Waals surface area contributed by atoms with E-state index >= 15 is 0 Å². The molecule has 0 aromatic carbocycles. The van der Waals surface area contributed by atoms with Crippen molar-refractivity contribution in [1.29, 1.82) is 0 Å². The fourth-order valence-corrected chi connectivity index (χ4v) is 5.16. The zero-order valence-corrected chi connectivity index (χ0v) is 14.0. The average Bonchev–Trinajstić information content (AvgIpc) is 2.86. The number of tetrazole rings is 1. The molecule has 0 bridgehead atoms. The Kier molecular flexibility index (Phi) is 3.69. The van der Waals surface area contributed by atoms with E-state index in [-0.39, 0.29) is 16.7 Å². The van der Waals surface area contributed by atoms with Crippen LogP contribution in [0.5, 0.6) is 0 Å². The van der Waals surface area contributed by atoms with Crippen LogP contribution in [0.2, 0.25) is 0 Å². The number of hydrogen-bond donors (Lipinski definition) is 1. The van der Waals surface area contributed by atoms with Crippen LogP contribution in [0.1, 0.15) is 25.7 Å². The van der Waals surface area contributed by atoms with Gasteiger partial charge in [-0.15, -0.1) is 0 Å². The number of sulfonamides is 1. The minimum atomic E-state index is -4.03. The molecular weight excluding hydrogens is 326 g/mol. The molecule has 128 valence electrons. The predicted molar refractivity (Wildman–Crippen MR) is 75.6 cm³/mol. The van der Waals surface area contributed by atoms with E-state index in [9.17, 15) is 13.2 Å². The van der Waals surface area contributed by atoms with Gasteiger partial charge in [0.15, 0.2) is 0 Å². The first kappa shape index (κ1) is 16.3. The fourth-order valence-electron chi connectivity index (χ4n) is 3.80. The summed E-state index contributed by atoms with van der Waals surface area (Å²) in [5.41, 5.74) is -1.33. The smallest absolute Gasteiger partial charge is 0.327 e. The molecule has 3 rings (SSSR count). The number of ether oxygens (including phenoxy) is 2. The van der Waals surface area contributed by atoms with Crippen LogP contribution in [0, 0.1) is 5.41 Å². The number of hydrogen-bond acceptors (Lipinski definition) is 8. The number of carbonyl (C=O) groups excluding carboxylic acids is 1. The Bertz CT molecular complexity index is 716. The second-order valence-corrected chi connectivity index (χ2v) is 7.96. The molecule has 0 amide bonds. The highest BCUT2D eigenvalue weighted by atomic mass is 32.2. The highest BCUT2D eigenvalue weighted by Gasteiger charge is 2.65. The molecule has 1 heterocycles. The number of aromatic nitrogens is 4. The predicted octanol–water partition coefficient (Wildman–Crippen LogP) is -1.01. The van der Waals surface area contributed by atoms with Crippen LogP contribution in [0.25, 0.3) is 0 Å². The molecule has 0 atom stereocenters. The first-order chi connectivity index (χ1) is 10.8. The van der Waals surface area contributed by atoms with Crippen molar-refractivity contribution in [2.75, 3.05) is 14.2 Å². The van der Waals surface area contributed by atoms with Gasteiger partial charge in [-0.3, -0.25) is 4.79 Å². The van der Waals surface area contributed by atoms with E-state index in [1.807, 2.05) is 0 Å². The van der Waals surface area contributed by atoms with E-state index in [2.05, 4.69) is 20.2 Å². The van der Waals surface area contributed by atoms with Crippen molar-refractivity contribution in [3.63, 3.8) is 0 Å². The molecule has 0 unspecified atom stereocenters. The van der Waals surface area contributed by atoms with Gasteiger partial charge >= 0.3 is 5.97 Å². The molecule has 1 N–H and O–H groups in total. The number of nitrogens with zero attached hydrogens (tertiary/aromatic N) is 4. The lowest BCUT2D eigenvalue weighted by Gasteiger charge is -2.61. The minimum Gasteiger partial charge on any atom is -0.468 e. The lowest BCUT2D eigenvalue weighted by Crippen LogP contribution is -2.70. The summed E-state index contributed by atoms with van der Waals surface area (Å²) >= 11 is 0. The zero-order chi connectivity index (χ0) is 16.9. The monoisotopic (exact) mass is 345 g/mol. The molecule has 0 aliphatic heterocycles. The minimum absolute atomic E-state index is 0.0600. The molecular formula is C12H19N5O5S. The van der Waals surface area contributed by atoms with Gasteiger partial charge in [-0.25, -0.2) is 13.1 Å². The van der Waals surface area contributed by atoms with Gasteiger partial charge in [-0.2, -0.15) is 4.72 Å². The molecule has 2 aliphatic carbocycles. The van der Waals surface area contributed by atoms with Gasteiger partial charge in [0.1, 0.15) is 5.54 Å². The van der Waals surface area contributed by atoms with Crippen molar-refractivity contribution in [1.82, 2.24) is 24.9 Å². The van der Waals surface area contributed by atoms with Crippen molar-refractivity contribution in [3.8, 4) is 0 Å². The van der Waals surface area contributed by atoms with Gasteiger partial charge in [0.05, 0.1) is 13.2 Å². The molecule has 1 spiro atoms. The van der Waals surface area contributed by atoms with E-state index < -0.39 is 21.5 Å². The second kappa shape index (κ2) is 5.21. The Hall–Kier alpha value is -1.59. The summed E-state index contributed by atoms with van der Waals surface area (Å²) in [4.78, 5) is 12.2. The molecule has 10 nitrogen and oxygen atoms in total. The highest BCUT2D eigenvalue weighted by molar-refractivity contribution is 7.89. The lowest BCUT2D eigenvalue weighted by molar-refractivity contribution is -0.177. The van der Waals surface area contributed by atoms with Crippen molar-refractivity contribution < 1.29 is 22.7 Å². The summed E-state index contributed by atoms with van der Waals surface area (Å²) in [7, 11) is 0.272. The van der Waals surface area contributed by atoms with Gasteiger partial charge < -0.3 is 9.47 Å². The third-order valence-corrected chi connectivity index (χ3v) is 6.22. The number of aryl methyl sites for hydroxylation is 1. The van der Waals surface area contributed by atoms with Crippen LogP contribution in [0.15, 0.2) is 5.16 Å². The molecule has 23 heavy (non-hydrogen) atoms. The third kappa shape index (κ3) is 2.52. The van der Waals surface area contributed by atoms with Crippen LogP contribution in [-0.2, 0) is 31.3 Å². The Morgan fingerprint density at radius 2 is 2.00 bits per heavy atom. The topological polar surface area (TPSA) is 125 Å². The van der Waals surface area contributed by atoms with E-state index in [1.54, 1.807) is 7.11 Å². The van der Waals surface area contributed by atoms with E-state index in [1.165, 1.54) is 14.2 Å². The number of esters is 1.